The summed E-state index contributed by atoms with van der Waals surface area (Å²) in [5, 5.41) is 5.51. The highest BCUT2D eigenvalue weighted by Gasteiger charge is 2.38. The van der Waals surface area contributed by atoms with E-state index >= 15 is 0 Å². The minimum absolute atomic E-state index is 0.00163. The van der Waals surface area contributed by atoms with Gasteiger partial charge < -0.3 is 10.6 Å². The molecule has 3 N–H and O–H groups in total. The summed E-state index contributed by atoms with van der Waals surface area (Å²) in [6.07, 6.45) is 1.05. The Labute approximate surface area is 171 Å². The number of aryl methyl sites for hydroxylation is 1. The third-order valence-corrected chi connectivity index (χ3v) is 6.30. The highest BCUT2D eigenvalue weighted by atomic mass is 32.2. The van der Waals surface area contributed by atoms with E-state index in [1.807, 2.05) is 6.92 Å². The molecule has 2 unspecified atom stereocenters. The first kappa shape index (κ1) is 20.9. The lowest BCUT2D eigenvalue weighted by Crippen LogP contribution is -2.29. The Morgan fingerprint density at radius 1 is 1.10 bits per heavy atom. The third kappa shape index (κ3) is 5.57. The van der Waals surface area contributed by atoms with E-state index in [1.165, 1.54) is 12.1 Å². The van der Waals surface area contributed by atoms with Crippen LogP contribution in [-0.2, 0) is 19.6 Å². The molecule has 1 aliphatic carbocycles. The van der Waals surface area contributed by atoms with Crippen LogP contribution in [0.15, 0.2) is 53.4 Å². The van der Waals surface area contributed by atoms with Crippen LogP contribution in [0, 0.1) is 18.8 Å². The number of benzene rings is 2. The van der Waals surface area contributed by atoms with Gasteiger partial charge in [-0.2, -0.15) is 0 Å². The van der Waals surface area contributed by atoms with Crippen molar-refractivity contribution in [3.8, 4) is 0 Å². The van der Waals surface area contributed by atoms with Crippen LogP contribution in [-0.4, -0.2) is 26.8 Å². The van der Waals surface area contributed by atoms with Crippen molar-refractivity contribution in [2.45, 2.75) is 31.6 Å². The smallest absolute Gasteiger partial charge is 0.261 e. The molecule has 7 nitrogen and oxygen atoms in total. The van der Waals surface area contributed by atoms with Crippen LogP contribution < -0.4 is 15.4 Å². The van der Waals surface area contributed by atoms with E-state index in [0.717, 1.165) is 12.0 Å². The summed E-state index contributed by atoms with van der Waals surface area (Å²) in [7, 11) is -3.72. The van der Waals surface area contributed by atoms with E-state index in [9.17, 15) is 18.0 Å². The Bertz CT molecular complexity index is 1010. The molecular formula is C21H25N3O4S. The Balaban J connectivity index is 1.58. The van der Waals surface area contributed by atoms with Gasteiger partial charge in [0.1, 0.15) is 0 Å². The van der Waals surface area contributed by atoms with Crippen LogP contribution in [0.5, 0.6) is 0 Å². The molecular weight excluding hydrogens is 390 g/mol. The van der Waals surface area contributed by atoms with Gasteiger partial charge in [0, 0.05) is 24.6 Å². The molecule has 1 aliphatic rings. The van der Waals surface area contributed by atoms with Gasteiger partial charge in [-0.15, -0.1) is 0 Å². The van der Waals surface area contributed by atoms with Gasteiger partial charge in [0.15, 0.2) is 0 Å². The largest absolute Gasteiger partial charge is 0.355 e. The van der Waals surface area contributed by atoms with Crippen molar-refractivity contribution in [1.29, 1.82) is 0 Å². The van der Waals surface area contributed by atoms with Crippen molar-refractivity contribution in [1.82, 2.24) is 5.32 Å². The van der Waals surface area contributed by atoms with Gasteiger partial charge in [-0.25, -0.2) is 8.42 Å². The summed E-state index contributed by atoms with van der Waals surface area (Å²) in [5.41, 5.74) is 1.60. The normalized spacial score (nSPS) is 18.0. The maximum atomic E-state index is 12.5. The molecule has 0 saturated heterocycles. The van der Waals surface area contributed by atoms with Gasteiger partial charge in [-0.1, -0.05) is 31.2 Å². The number of nitrogens with one attached hydrogen (secondary N) is 3. The lowest BCUT2D eigenvalue weighted by Gasteiger charge is -2.13. The Morgan fingerprint density at radius 3 is 2.45 bits per heavy atom. The second-order valence-electron chi connectivity index (χ2n) is 7.36. The van der Waals surface area contributed by atoms with Crippen LogP contribution in [0.1, 0.15) is 25.3 Å². The Kier molecular flexibility index (Phi) is 6.22. The minimum atomic E-state index is -3.72. The van der Waals surface area contributed by atoms with Crippen LogP contribution in [0.4, 0.5) is 11.4 Å². The monoisotopic (exact) mass is 415 g/mol. The molecule has 0 heterocycles. The van der Waals surface area contributed by atoms with E-state index in [-0.39, 0.29) is 35.6 Å². The average molecular weight is 416 g/mol. The third-order valence-electron chi connectivity index (χ3n) is 4.92. The first-order valence-electron chi connectivity index (χ1n) is 9.52. The number of anilines is 2. The first-order valence-corrected chi connectivity index (χ1v) is 11.0. The van der Waals surface area contributed by atoms with Crippen LogP contribution in [0.25, 0.3) is 0 Å². The molecule has 29 heavy (non-hydrogen) atoms. The number of hydrogen-bond donors (Lipinski definition) is 3. The maximum absolute atomic E-state index is 12.5. The van der Waals surface area contributed by atoms with Crippen LogP contribution in [0.3, 0.4) is 0 Å². The van der Waals surface area contributed by atoms with Crippen molar-refractivity contribution in [2.24, 2.45) is 11.8 Å². The van der Waals surface area contributed by atoms with Crippen molar-refractivity contribution < 1.29 is 18.0 Å². The quantitative estimate of drug-likeness (QED) is 0.617. The standard InChI is InChI=1S/C21H25N3O4S/c1-14-8-9-16(23-20(25)10-11-22-21(26)18-12-15(18)2)13-19(14)24-29(27,28)17-6-4-3-5-7-17/h3-9,13,15,18,24H,10-12H2,1-2H3,(H,22,26)(H,23,25). The number of hydrogen-bond acceptors (Lipinski definition) is 4. The fourth-order valence-corrected chi connectivity index (χ4v) is 4.10. The second kappa shape index (κ2) is 8.65. The molecule has 2 amide bonds. The number of carbonyl (C=O) groups is 2. The van der Waals surface area contributed by atoms with E-state index in [2.05, 4.69) is 15.4 Å². The predicted octanol–water partition coefficient (Wildman–Crippen LogP) is 2.90. The molecule has 0 radical (unpaired) electrons. The summed E-state index contributed by atoms with van der Waals surface area (Å²) >= 11 is 0. The summed E-state index contributed by atoms with van der Waals surface area (Å²) in [4.78, 5) is 24.1. The summed E-state index contributed by atoms with van der Waals surface area (Å²) in [6, 6.07) is 13.1. The number of rotatable bonds is 8. The Morgan fingerprint density at radius 2 is 1.79 bits per heavy atom. The predicted molar refractivity (Wildman–Crippen MR) is 112 cm³/mol. The summed E-state index contributed by atoms with van der Waals surface area (Å²) in [6.45, 7) is 4.08. The molecule has 0 aliphatic heterocycles. The van der Waals surface area contributed by atoms with Gasteiger partial charge in [-0.3, -0.25) is 14.3 Å². The van der Waals surface area contributed by atoms with Crippen molar-refractivity contribution >= 4 is 33.2 Å². The van der Waals surface area contributed by atoms with Crippen molar-refractivity contribution in [2.75, 3.05) is 16.6 Å². The molecule has 154 valence electrons. The van der Waals surface area contributed by atoms with E-state index in [1.54, 1.807) is 43.3 Å². The minimum Gasteiger partial charge on any atom is -0.355 e. The second-order valence-corrected chi connectivity index (χ2v) is 9.04. The molecule has 0 bridgehead atoms. The van der Waals surface area contributed by atoms with Gasteiger partial charge in [-0.05, 0) is 49.1 Å². The van der Waals surface area contributed by atoms with Crippen LogP contribution in [0.2, 0.25) is 0 Å². The van der Waals surface area contributed by atoms with Crippen LogP contribution >= 0.6 is 0 Å². The molecule has 2 aromatic carbocycles. The lowest BCUT2D eigenvalue weighted by atomic mass is 10.2. The zero-order chi connectivity index (χ0) is 21.0. The first-order chi connectivity index (χ1) is 13.8. The van der Waals surface area contributed by atoms with E-state index < -0.39 is 10.0 Å². The Hall–Kier alpha value is -2.87. The van der Waals surface area contributed by atoms with Gasteiger partial charge in [0.25, 0.3) is 10.0 Å². The molecule has 1 saturated carbocycles. The fraction of sp³-hybridized carbons (Fsp3) is 0.333. The number of sulfonamides is 1. The average Bonchev–Trinajstić information content (AvgIpc) is 3.42. The highest BCUT2D eigenvalue weighted by Crippen LogP contribution is 2.37. The van der Waals surface area contributed by atoms with Gasteiger partial charge in [0.05, 0.1) is 10.6 Å². The molecule has 8 heteroatoms. The maximum Gasteiger partial charge on any atom is 0.261 e. The highest BCUT2D eigenvalue weighted by molar-refractivity contribution is 7.92. The molecule has 0 spiro atoms. The summed E-state index contributed by atoms with van der Waals surface area (Å²) in [5.74, 6) is 0.248. The van der Waals surface area contributed by atoms with Crippen molar-refractivity contribution in [3.05, 3.63) is 54.1 Å². The number of amides is 2. The molecule has 3 rings (SSSR count). The lowest BCUT2D eigenvalue weighted by molar-refractivity contribution is -0.122. The topological polar surface area (TPSA) is 104 Å². The fourth-order valence-electron chi connectivity index (χ4n) is 2.95. The molecule has 1 fully saturated rings. The zero-order valence-electron chi connectivity index (χ0n) is 16.4. The molecule has 0 aromatic heterocycles. The van der Waals surface area contributed by atoms with E-state index in [4.69, 9.17) is 0 Å². The van der Waals surface area contributed by atoms with Gasteiger partial charge in [0.2, 0.25) is 11.8 Å². The zero-order valence-corrected chi connectivity index (χ0v) is 17.3. The molecule has 2 atom stereocenters. The SMILES string of the molecule is Cc1ccc(NC(=O)CCNC(=O)C2CC2C)cc1NS(=O)(=O)c1ccccc1. The number of carbonyl (C=O) groups excluding carboxylic acids is 2. The van der Waals surface area contributed by atoms with E-state index in [0.29, 0.717) is 17.3 Å². The van der Waals surface area contributed by atoms with Gasteiger partial charge >= 0.3 is 0 Å². The van der Waals surface area contributed by atoms with Crippen molar-refractivity contribution in [3.63, 3.8) is 0 Å². The summed E-state index contributed by atoms with van der Waals surface area (Å²) < 4.78 is 27.6. The molecule has 2 aromatic rings.